The maximum absolute atomic E-state index is 12.3. The molecule has 2 aromatic rings. The van der Waals surface area contributed by atoms with Gasteiger partial charge in [-0.15, -0.1) is 0 Å². The van der Waals surface area contributed by atoms with Gasteiger partial charge in [0.2, 0.25) is 0 Å². The van der Waals surface area contributed by atoms with Crippen molar-refractivity contribution in [3.8, 4) is 0 Å². The van der Waals surface area contributed by atoms with Crippen molar-refractivity contribution in [3.05, 3.63) is 63.6 Å². The lowest BCUT2D eigenvalue weighted by molar-refractivity contribution is 0.102. The van der Waals surface area contributed by atoms with Gasteiger partial charge in [0.05, 0.1) is 5.56 Å². The molecule has 0 saturated heterocycles. The summed E-state index contributed by atoms with van der Waals surface area (Å²) in [6.45, 7) is 6.36. The van der Waals surface area contributed by atoms with Crippen LogP contribution in [-0.4, -0.2) is 5.91 Å². The van der Waals surface area contributed by atoms with Crippen molar-refractivity contribution in [2.45, 2.75) is 33.1 Å². The number of nitrogens with one attached hydrogen (secondary N) is 1. The Kier molecular flexibility index (Phi) is 5.18. The van der Waals surface area contributed by atoms with Crippen LogP contribution in [0.15, 0.2) is 46.9 Å². The number of amides is 1. The van der Waals surface area contributed by atoms with E-state index in [0.29, 0.717) is 11.5 Å². The fourth-order valence-corrected chi connectivity index (χ4v) is 2.60. The summed E-state index contributed by atoms with van der Waals surface area (Å²) in [6, 6.07) is 13.8. The number of rotatable bonds is 4. The van der Waals surface area contributed by atoms with Crippen LogP contribution in [0.25, 0.3) is 0 Å². The summed E-state index contributed by atoms with van der Waals surface area (Å²) in [5.41, 5.74) is 3.82. The number of carbonyl (C=O) groups is 1. The first kappa shape index (κ1) is 15.8. The lowest BCUT2D eigenvalue weighted by atomic mass is 9.98. The quantitative estimate of drug-likeness (QED) is 0.776. The number of halogens is 1. The van der Waals surface area contributed by atoms with Crippen molar-refractivity contribution in [2.75, 3.05) is 5.32 Å². The van der Waals surface area contributed by atoms with Gasteiger partial charge in [0, 0.05) is 10.2 Å². The molecule has 0 bridgehead atoms. The van der Waals surface area contributed by atoms with E-state index in [2.05, 4.69) is 47.2 Å². The van der Waals surface area contributed by atoms with Gasteiger partial charge < -0.3 is 5.32 Å². The molecule has 1 atom stereocenters. The molecule has 0 heterocycles. The summed E-state index contributed by atoms with van der Waals surface area (Å²) in [5, 5.41) is 2.94. The van der Waals surface area contributed by atoms with Gasteiger partial charge in [0.25, 0.3) is 5.91 Å². The third-order valence-corrected chi connectivity index (χ3v) is 4.84. The third kappa shape index (κ3) is 3.73. The van der Waals surface area contributed by atoms with Gasteiger partial charge in [-0.05, 0) is 64.5 Å². The number of anilines is 1. The Labute approximate surface area is 134 Å². The van der Waals surface area contributed by atoms with Gasteiger partial charge in [0.1, 0.15) is 0 Å². The highest BCUT2D eigenvalue weighted by Crippen LogP contribution is 2.23. The lowest BCUT2D eigenvalue weighted by Gasteiger charge is -2.11. The predicted molar refractivity (Wildman–Crippen MR) is 92.0 cm³/mol. The van der Waals surface area contributed by atoms with Crippen LogP contribution in [0.5, 0.6) is 0 Å². The first-order valence-electron chi connectivity index (χ1n) is 7.19. The normalized spacial score (nSPS) is 12.0. The van der Waals surface area contributed by atoms with Crippen LogP contribution in [0.4, 0.5) is 5.69 Å². The van der Waals surface area contributed by atoms with E-state index in [9.17, 15) is 4.79 Å². The van der Waals surface area contributed by atoms with E-state index in [1.54, 1.807) is 0 Å². The number of carbonyl (C=O) groups excluding carboxylic acids is 1. The SMILES string of the molecule is CCC(C)c1ccc(NC(=O)c2cccc(C)c2Br)cc1. The zero-order valence-corrected chi connectivity index (χ0v) is 14.2. The third-order valence-electron chi connectivity index (χ3n) is 3.79. The van der Waals surface area contributed by atoms with Gasteiger partial charge >= 0.3 is 0 Å². The van der Waals surface area contributed by atoms with E-state index < -0.39 is 0 Å². The molecular formula is C18H20BrNO. The molecule has 1 N–H and O–H groups in total. The minimum atomic E-state index is -0.0955. The van der Waals surface area contributed by atoms with Crippen LogP contribution in [0, 0.1) is 6.92 Å². The Morgan fingerprint density at radius 2 is 1.86 bits per heavy atom. The second kappa shape index (κ2) is 6.90. The van der Waals surface area contributed by atoms with E-state index >= 15 is 0 Å². The van der Waals surface area contributed by atoms with E-state index in [4.69, 9.17) is 0 Å². The predicted octanol–water partition coefficient (Wildman–Crippen LogP) is 5.52. The summed E-state index contributed by atoms with van der Waals surface area (Å²) < 4.78 is 0.846. The van der Waals surface area contributed by atoms with Crippen molar-refractivity contribution in [1.82, 2.24) is 0 Å². The molecule has 0 saturated carbocycles. The van der Waals surface area contributed by atoms with Crippen LogP contribution >= 0.6 is 15.9 Å². The molecule has 0 aliphatic rings. The van der Waals surface area contributed by atoms with E-state index in [-0.39, 0.29) is 5.91 Å². The Hall–Kier alpha value is -1.61. The van der Waals surface area contributed by atoms with Gasteiger partial charge in [0.15, 0.2) is 0 Å². The van der Waals surface area contributed by atoms with Crippen LogP contribution < -0.4 is 5.32 Å². The minimum absolute atomic E-state index is 0.0955. The highest BCUT2D eigenvalue weighted by molar-refractivity contribution is 9.10. The summed E-state index contributed by atoms with van der Waals surface area (Å²) in [7, 11) is 0. The second-order valence-electron chi connectivity index (χ2n) is 5.32. The van der Waals surface area contributed by atoms with Crippen molar-refractivity contribution < 1.29 is 4.79 Å². The zero-order chi connectivity index (χ0) is 15.4. The summed E-state index contributed by atoms with van der Waals surface area (Å²) in [4.78, 5) is 12.3. The fourth-order valence-electron chi connectivity index (χ4n) is 2.15. The average Bonchev–Trinajstić information content (AvgIpc) is 2.50. The van der Waals surface area contributed by atoms with Crippen LogP contribution in [0.2, 0.25) is 0 Å². The molecule has 0 fully saturated rings. The van der Waals surface area contributed by atoms with Crippen LogP contribution in [0.1, 0.15) is 47.7 Å². The number of hydrogen-bond donors (Lipinski definition) is 1. The summed E-state index contributed by atoms with van der Waals surface area (Å²) >= 11 is 3.47. The molecule has 2 rings (SSSR count). The molecule has 3 heteroatoms. The summed E-state index contributed by atoms with van der Waals surface area (Å²) in [6.07, 6.45) is 1.11. The average molecular weight is 346 g/mol. The van der Waals surface area contributed by atoms with Crippen molar-refractivity contribution in [1.29, 1.82) is 0 Å². The van der Waals surface area contributed by atoms with Crippen molar-refractivity contribution >= 4 is 27.5 Å². The van der Waals surface area contributed by atoms with Gasteiger partial charge in [-0.3, -0.25) is 4.79 Å². The van der Waals surface area contributed by atoms with Crippen molar-refractivity contribution in [3.63, 3.8) is 0 Å². The van der Waals surface area contributed by atoms with E-state index in [1.165, 1.54) is 5.56 Å². The maximum atomic E-state index is 12.3. The molecule has 0 aromatic heterocycles. The second-order valence-corrected chi connectivity index (χ2v) is 6.11. The Morgan fingerprint density at radius 1 is 1.19 bits per heavy atom. The van der Waals surface area contributed by atoms with Gasteiger partial charge in [-0.1, -0.05) is 38.1 Å². The zero-order valence-electron chi connectivity index (χ0n) is 12.6. The number of aryl methyl sites for hydroxylation is 1. The van der Waals surface area contributed by atoms with Crippen LogP contribution in [0.3, 0.4) is 0 Å². The first-order chi connectivity index (χ1) is 10.0. The summed E-state index contributed by atoms with van der Waals surface area (Å²) in [5.74, 6) is 0.447. The molecule has 1 amide bonds. The highest BCUT2D eigenvalue weighted by Gasteiger charge is 2.11. The molecule has 2 aromatic carbocycles. The molecule has 0 radical (unpaired) electrons. The number of hydrogen-bond acceptors (Lipinski definition) is 1. The molecule has 0 spiro atoms. The van der Waals surface area contributed by atoms with Crippen LogP contribution in [-0.2, 0) is 0 Å². The molecule has 21 heavy (non-hydrogen) atoms. The number of benzene rings is 2. The monoisotopic (exact) mass is 345 g/mol. The van der Waals surface area contributed by atoms with Crippen molar-refractivity contribution in [2.24, 2.45) is 0 Å². The molecule has 0 aliphatic heterocycles. The Balaban J connectivity index is 2.14. The molecule has 2 nitrogen and oxygen atoms in total. The minimum Gasteiger partial charge on any atom is -0.322 e. The molecule has 110 valence electrons. The maximum Gasteiger partial charge on any atom is 0.256 e. The Bertz CT molecular complexity index is 634. The molecule has 0 aliphatic carbocycles. The highest BCUT2D eigenvalue weighted by atomic mass is 79.9. The van der Waals surface area contributed by atoms with E-state index in [0.717, 1.165) is 22.1 Å². The standard InChI is InChI=1S/C18H20BrNO/c1-4-12(2)14-8-10-15(11-9-14)20-18(21)16-7-5-6-13(3)17(16)19/h5-12H,4H2,1-3H3,(H,20,21). The topological polar surface area (TPSA) is 29.1 Å². The first-order valence-corrected chi connectivity index (χ1v) is 7.98. The Morgan fingerprint density at radius 3 is 2.48 bits per heavy atom. The molecule has 1 unspecified atom stereocenters. The van der Waals surface area contributed by atoms with Gasteiger partial charge in [-0.25, -0.2) is 0 Å². The molecular weight excluding hydrogens is 326 g/mol. The van der Waals surface area contributed by atoms with Gasteiger partial charge in [-0.2, -0.15) is 0 Å². The fraction of sp³-hybridized carbons (Fsp3) is 0.278. The largest absolute Gasteiger partial charge is 0.322 e. The smallest absolute Gasteiger partial charge is 0.256 e. The lowest BCUT2D eigenvalue weighted by Crippen LogP contribution is -2.13. The van der Waals surface area contributed by atoms with E-state index in [1.807, 2.05) is 37.3 Å².